The van der Waals surface area contributed by atoms with Gasteiger partial charge in [-0.3, -0.25) is 4.79 Å². The van der Waals surface area contributed by atoms with Gasteiger partial charge in [-0.25, -0.2) is 4.79 Å². The number of ether oxygens (including phenoxy) is 1. The predicted molar refractivity (Wildman–Crippen MR) is 60.8 cm³/mol. The zero-order valence-corrected chi connectivity index (χ0v) is 10.3. The molecule has 0 aromatic rings. The second kappa shape index (κ2) is 5.32. The second-order valence-corrected chi connectivity index (χ2v) is 4.69. The number of esters is 1. The predicted octanol–water partition coefficient (Wildman–Crippen LogP) is 1.63. The maximum absolute atomic E-state index is 11.8. The number of amides is 1. The summed E-state index contributed by atoms with van der Waals surface area (Å²) >= 11 is 0. The lowest BCUT2D eigenvalue weighted by Gasteiger charge is -2.32. The molecule has 0 bridgehead atoms. The van der Waals surface area contributed by atoms with E-state index in [1.54, 1.807) is 6.92 Å². The first-order chi connectivity index (χ1) is 7.53. The van der Waals surface area contributed by atoms with Gasteiger partial charge in [-0.15, -0.1) is 0 Å². The molecule has 1 amide bonds. The third-order valence-electron chi connectivity index (χ3n) is 3.26. The van der Waals surface area contributed by atoms with Crippen LogP contribution in [0.1, 0.15) is 46.0 Å². The molecule has 0 aromatic heterocycles. The molecule has 1 rings (SSSR count). The molecule has 0 heterocycles. The van der Waals surface area contributed by atoms with E-state index in [1.807, 2.05) is 6.92 Å². The molecule has 0 radical (unpaired) electrons. The van der Waals surface area contributed by atoms with Crippen LogP contribution in [0.3, 0.4) is 0 Å². The van der Waals surface area contributed by atoms with Crippen LogP contribution in [0.2, 0.25) is 0 Å². The van der Waals surface area contributed by atoms with Crippen molar-refractivity contribution in [2.24, 2.45) is 5.92 Å². The Bertz CT molecular complexity index is 273. The minimum Gasteiger partial charge on any atom is -0.467 e. The van der Waals surface area contributed by atoms with Gasteiger partial charge in [0.1, 0.15) is 5.54 Å². The van der Waals surface area contributed by atoms with Gasteiger partial charge < -0.3 is 10.1 Å². The molecule has 1 fully saturated rings. The monoisotopic (exact) mass is 227 g/mol. The van der Waals surface area contributed by atoms with E-state index in [9.17, 15) is 9.59 Å². The number of hydrogen-bond acceptors (Lipinski definition) is 3. The smallest absolute Gasteiger partial charge is 0.331 e. The molecule has 1 unspecified atom stereocenters. The summed E-state index contributed by atoms with van der Waals surface area (Å²) in [6.07, 6.45) is 4.43. The Hall–Kier alpha value is -1.06. The zero-order chi connectivity index (χ0) is 12.2. The van der Waals surface area contributed by atoms with Crippen molar-refractivity contribution in [2.45, 2.75) is 51.5 Å². The topological polar surface area (TPSA) is 55.4 Å². The highest BCUT2D eigenvalue weighted by Gasteiger charge is 2.37. The van der Waals surface area contributed by atoms with Gasteiger partial charge in [0.05, 0.1) is 7.11 Å². The van der Waals surface area contributed by atoms with E-state index in [2.05, 4.69) is 5.32 Å². The highest BCUT2D eigenvalue weighted by atomic mass is 16.5. The van der Waals surface area contributed by atoms with Gasteiger partial charge in [-0.1, -0.05) is 19.8 Å². The van der Waals surface area contributed by atoms with Crippen LogP contribution >= 0.6 is 0 Å². The van der Waals surface area contributed by atoms with Crippen molar-refractivity contribution in [3.05, 3.63) is 0 Å². The summed E-state index contributed by atoms with van der Waals surface area (Å²) in [4.78, 5) is 23.5. The average molecular weight is 227 g/mol. The molecule has 1 atom stereocenters. The average Bonchev–Trinajstić information content (AvgIpc) is 2.13. The number of carbonyl (C=O) groups is 2. The van der Waals surface area contributed by atoms with Crippen LogP contribution in [0, 0.1) is 5.92 Å². The van der Waals surface area contributed by atoms with Gasteiger partial charge in [-0.2, -0.15) is 0 Å². The SMILES string of the molecule is CCCC(C)(NC(=O)C1CCC1)C(=O)OC. The van der Waals surface area contributed by atoms with Crippen LogP contribution in [-0.4, -0.2) is 24.5 Å². The number of nitrogens with one attached hydrogen (secondary N) is 1. The molecule has 1 saturated carbocycles. The lowest BCUT2D eigenvalue weighted by atomic mass is 9.83. The largest absolute Gasteiger partial charge is 0.467 e. The van der Waals surface area contributed by atoms with Crippen LogP contribution in [0.15, 0.2) is 0 Å². The van der Waals surface area contributed by atoms with Crippen molar-refractivity contribution in [3.63, 3.8) is 0 Å². The lowest BCUT2D eigenvalue weighted by Crippen LogP contribution is -2.54. The highest BCUT2D eigenvalue weighted by Crippen LogP contribution is 2.27. The molecule has 1 aliphatic carbocycles. The maximum Gasteiger partial charge on any atom is 0.331 e. The van der Waals surface area contributed by atoms with Crippen molar-refractivity contribution in [1.82, 2.24) is 5.32 Å². The fourth-order valence-corrected chi connectivity index (χ4v) is 1.99. The standard InChI is InChI=1S/C12H21NO3/c1-4-8-12(2,11(15)16-3)13-10(14)9-6-5-7-9/h9H,4-8H2,1-3H3,(H,13,14). The number of rotatable bonds is 5. The number of carbonyl (C=O) groups excluding carboxylic acids is 2. The molecular formula is C12H21NO3. The van der Waals surface area contributed by atoms with Crippen LogP contribution in [0.25, 0.3) is 0 Å². The summed E-state index contributed by atoms with van der Waals surface area (Å²) < 4.78 is 4.75. The van der Waals surface area contributed by atoms with E-state index in [1.165, 1.54) is 7.11 Å². The Morgan fingerprint density at radius 2 is 2.06 bits per heavy atom. The highest BCUT2D eigenvalue weighted by molar-refractivity contribution is 5.88. The van der Waals surface area contributed by atoms with Crippen LogP contribution in [0.5, 0.6) is 0 Å². The maximum atomic E-state index is 11.8. The van der Waals surface area contributed by atoms with E-state index in [-0.39, 0.29) is 17.8 Å². The Balaban J connectivity index is 2.61. The molecule has 0 aromatic carbocycles. The molecule has 16 heavy (non-hydrogen) atoms. The summed E-state index contributed by atoms with van der Waals surface area (Å²) in [5.41, 5.74) is -0.865. The number of methoxy groups -OCH3 is 1. The van der Waals surface area contributed by atoms with Crippen molar-refractivity contribution >= 4 is 11.9 Å². The Kier molecular flexibility index (Phi) is 4.33. The first kappa shape index (κ1) is 13.0. The minimum atomic E-state index is -0.865. The fourth-order valence-electron chi connectivity index (χ4n) is 1.99. The van der Waals surface area contributed by atoms with Crippen LogP contribution < -0.4 is 5.32 Å². The van der Waals surface area contributed by atoms with Crippen molar-refractivity contribution in [2.75, 3.05) is 7.11 Å². The second-order valence-electron chi connectivity index (χ2n) is 4.69. The molecule has 4 nitrogen and oxygen atoms in total. The molecule has 0 saturated heterocycles. The first-order valence-corrected chi connectivity index (χ1v) is 5.94. The van der Waals surface area contributed by atoms with Crippen LogP contribution in [-0.2, 0) is 14.3 Å². The molecule has 4 heteroatoms. The van der Waals surface area contributed by atoms with Crippen molar-refractivity contribution < 1.29 is 14.3 Å². The van der Waals surface area contributed by atoms with E-state index >= 15 is 0 Å². The molecule has 0 aliphatic heterocycles. The molecule has 1 aliphatic rings. The van der Waals surface area contributed by atoms with Crippen molar-refractivity contribution in [3.8, 4) is 0 Å². The third-order valence-corrected chi connectivity index (χ3v) is 3.26. The fraction of sp³-hybridized carbons (Fsp3) is 0.833. The van der Waals surface area contributed by atoms with Crippen LogP contribution in [0.4, 0.5) is 0 Å². The van der Waals surface area contributed by atoms with Gasteiger partial charge in [0.15, 0.2) is 0 Å². The number of hydrogen-bond donors (Lipinski definition) is 1. The molecular weight excluding hydrogens is 206 g/mol. The summed E-state index contributed by atoms with van der Waals surface area (Å²) in [5, 5.41) is 2.83. The molecule has 0 spiro atoms. The Labute approximate surface area is 96.7 Å². The van der Waals surface area contributed by atoms with Gasteiger partial charge in [0.2, 0.25) is 5.91 Å². The van der Waals surface area contributed by atoms with E-state index in [4.69, 9.17) is 4.74 Å². The van der Waals surface area contributed by atoms with E-state index < -0.39 is 5.54 Å². The van der Waals surface area contributed by atoms with E-state index in [0.717, 1.165) is 25.7 Å². The van der Waals surface area contributed by atoms with Gasteiger partial charge in [0, 0.05) is 5.92 Å². The molecule has 92 valence electrons. The quantitative estimate of drug-likeness (QED) is 0.726. The summed E-state index contributed by atoms with van der Waals surface area (Å²) in [6, 6.07) is 0. The van der Waals surface area contributed by atoms with Gasteiger partial charge in [-0.05, 0) is 26.2 Å². The first-order valence-electron chi connectivity index (χ1n) is 5.94. The molecule has 1 N–H and O–H groups in total. The normalized spacial score (nSPS) is 19.4. The summed E-state index contributed by atoms with van der Waals surface area (Å²) in [7, 11) is 1.35. The minimum absolute atomic E-state index is 0.00685. The van der Waals surface area contributed by atoms with E-state index in [0.29, 0.717) is 6.42 Å². The summed E-state index contributed by atoms with van der Waals surface area (Å²) in [6.45, 7) is 3.72. The van der Waals surface area contributed by atoms with Gasteiger partial charge in [0.25, 0.3) is 0 Å². The van der Waals surface area contributed by atoms with Crippen molar-refractivity contribution in [1.29, 1.82) is 0 Å². The Morgan fingerprint density at radius 3 is 2.44 bits per heavy atom. The van der Waals surface area contributed by atoms with Gasteiger partial charge >= 0.3 is 5.97 Å². The zero-order valence-electron chi connectivity index (χ0n) is 10.3. The third kappa shape index (κ3) is 2.74. The Morgan fingerprint density at radius 1 is 1.44 bits per heavy atom. The summed E-state index contributed by atoms with van der Waals surface area (Å²) in [5.74, 6) is -0.268. The lowest BCUT2D eigenvalue weighted by molar-refractivity contribution is -0.151.